The highest BCUT2D eigenvalue weighted by Crippen LogP contribution is 2.30. The third-order valence-corrected chi connectivity index (χ3v) is 14.3. The largest absolute Gasteiger partial charge is 0.480 e. The number of benzene rings is 4. The summed E-state index contributed by atoms with van der Waals surface area (Å²) in [4.78, 5) is 91.1. The van der Waals surface area contributed by atoms with E-state index in [0.29, 0.717) is 79.7 Å². The van der Waals surface area contributed by atoms with Crippen LogP contribution in [0.3, 0.4) is 0 Å². The van der Waals surface area contributed by atoms with Gasteiger partial charge in [-0.25, -0.2) is 29.1 Å². The summed E-state index contributed by atoms with van der Waals surface area (Å²) in [6, 6.07) is 31.8. The molecular weight excluding hydrogens is 1080 g/mol. The Kier molecular flexibility index (Phi) is 23.2. The number of rotatable bonds is 24. The van der Waals surface area contributed by atoms with Crippen molar-refractivity contribution >= 4 is 64.9 Å². The van der Waals surface area contributed by atoms with Crippen molar-refractivity contribution in [2.75, 3.05) is 83.0 Å². The molecule has 2 aromatic heterocycles. The van der Waals surface area contributed by atoms with Gasteiger partial charge in [-0.1, -0.05) is 84.9 Å². The number of carboxylic acid groups (broad SMARTS) is 1. The lowest BCUT2D eigenvalue weighted by Crippen LogP contribution is -2.38. The first-order valence-electron chi connectivity index (χ1n) is 29.4. The Hall–Kier alpha value is -9.01. The molecule has 0 saturated carbocycles. The third kappa shape index (κ3) is 19.0. The van der Waals surface area contributed by atoms with Crippen molar-refractivity contribution in [1.82, 2.24) is 29.7 Å². The van der Waals surface area contributed by atoms with Crippen molar-refractivity contribution in [2.45, 2.75) is 125 Å². The van der Waals surface area contributed by atoms with E-state index >= 15 is 0 Å². The molecule has 2 saturated heterocycles. The second-order valence-corrected chi connectivity index (χ2v) is 21.7. The molecule has 85 heavy (non-hydrogen) atoms. The standard InChI is InChI=1S/C33H44N6O4.C31H38N6O5/c1-6-38(7-2)31-35-23-28(34-22-25-13-9-8-10-14-25)29(37-31)36-27(30(40)43-33(3,4)5)21-24-15-17-26(18-16-24)42-32(41)39-19-11-12-20-39;1-4-35(5-2)30-32-20-27(37(22(3)38)21-24-11-7-6-8-12-24)28(34-30)33-26(29(39)40)19-23-13-15-25(16-14-23)42-31(41)36-17-9-10-18-36/h8-10,13-18,23,27,34H,6-7,11-12,19-22H2,1-5H3,(H,35,36,37);6-8,11-16,20,26H,4-5,9-10,17-19,21H2,1-3H3,(H,39,40)(H,32,33,34)/t27-;26-/m00/s1. The van der Waals surface area contributed by atoms with Crippen LogP contribution in [-0.4, -0.2) is 135 Å². The van der Waals surface area contributed by atoms with Gasteiger partial charge >= 0.3 is 24.1 Å². The molecule has 2 aliphatic rings. The van der Waals surface area contributed by atoms with Crippen molar-refractivity contribution in [3.8, 4) is 11.5 Å². The number of ether oxygens (including phenoxy) is 3. The van der Waals surface area contributed by atoms with E-state index in [-0.39, 0.29) is 36.9 Å². The number of aromatic nitrogens is 4. The Balaban J connectivity index is 0.000000244. The molecule has 2 aliphatic heterocycles. The summed E-state index contributed by atoms with van der Waals surface area (Å²) in [5, 5.41) is 20.0. The molecule has 452 valence electrons. The zero-order valence-electron chi connectivity index (χ0n) is 50.3. The molecule has 6 aromatic rings. The van der Waals surface area contributed by atoms with Gasteiger partial charge < -0.3 is 59.8 Å². The first-order chi connectivity index (χ1) is 40.9. The summed E-state index contributed by atoms with van der Waals surface area (Å²) < 4.78 is 16.8. The minimum atomic E-state index is -1.08. The number of nitrogens with one attached hydrogen (secondary N) is 3. The van der Waals surface area contributed by atoms with Gasteiger partial charge in [0, 0.05) is 78.7 Å². The number of nitrogens with zero attached hydrogens (tertiary/aromatic N) is 9. The Labute approximate surface area is 499 Å². The number of aliphatic carboxylic acids is 1. The number of likely N-dealkylation sites (tertiary alicyclic amines) is 2. The lowest BCUT2D eigenvalue weighted by atomic mass is 10.0. The normalized spacial score (nSPS) is 13.6. The number of esters is 1. The fraction of sp³-hybridized carbons (Fsp3) is 0.422. The SMILES string of the molecule is CCN(CC)c1ncc(N(Cc2ccccc2)C(C)=O)c(N[C@@H](Cc2ccc(OC(=O)N3CCCC3)cc2)C(=O)O)n1.CCN(CC)c1ncc(NCc2ccccc2)c(N[C@@H](Cc2ccc(OC(=O)N3CCCC3)cc2)C(=O)OC(C)(C)C)n1. The van der Waals surface area contributed by atoms with Crippen molar-refractivity contribution in [3.05, 3.63) is 144 Å². The van der Waals surface area contributed by atoms with Gasteiger partial charge in [-0.05, 0) is 121 Å². The van der Waals surface area contributed by atoms with Gasteiger partial charge in [0.1, 0.15) is 34.9 Å². The quantitative estimate of drug-likeness (QED) is 0.0412. The number of amides is 3. The topological polar surface area (TPSA) is 237 Å². The van der Waals surface area contributed by atoms with Gasteiger partial charge in [0.15, 0.2) is 11.6 Å². The smallest absolute Gasteiger partial charge is 0.415 e. The zero-order valence-corrected chi connectivity index (χ0v) is 50.3. The van der Waals surface area contributed by atoms with Crippen LogP contribution in [0.15, 0.2) is 122 Å². The summed E-state index contributed by atoms with van der Waals surface area (Å²) in [6.45, 7) is 21.6. The molecule has 0 unspecified atom stereocenters. The maximum absolute atomic E-state index is 13.5. The summed E-state index contributed by atoms with van der Waals surface area (Å²) in [7, 11) is 0. The van der Waals surface area contributed by atoms with Crippen LogP contribution in [0.1, 0.15) is 103 Å². The number of carbonyl (C=O) groups excluding carboxylic acids is 4. The monoisotopic (exact) mass is 1160 g/mol. The van der Waals surface area contributed by atoms with E-state index in [1.54, 1.807) is 58.6 Å². The Bertz CT molecular complexity index is 3110. The Morgan fingerprint density at radius 3 is 1.49 bits per heavy atom. The highest BCUT2D eigenvalue weighted by atomic mass is 16.6. The van der Waals surface area contributed by atoms with Crippen LogP contribution < -0.4 is 40.1 Å². The molecule has 0 radical (unpaired) electrons. The van der Waals surface area contributed by atoms with E-state index in [0.717, 1.165) is 74.1 Å². The van der Waals surface area contributed by atoms with E-state index in [9.17, 15) is 29.1 Å². The number of carboxylic acids is 1. The van der Waals surface area contributed by atoms with Crippen molar-refractivity contribution in [2.24, 2.45) is 0 Å². The fourth-order valence-corrected chi connectivity index (χ4v) is 9.61. The fourth-order valence-electron chi connectivity index (χ4n) is 9.61. The summed E-state index contributed by atoms with van der Waals surface area (Å²) >= 11 is 0. The number of carbonyl (C=O) groups is 5. The van der Waals surface area contributed by atoms with Crippen LogP contribution in [0.4, 0.5) is 44.5 Å². The highest BCUT2D eigenvalue weighted by Gasteiger charge is 2.29. The van der Waals surface area contributed by atoms with Crippen LogP contribution >= 0.6 is 0 Å². The minimum Gasteiger partial charge on any atom is -0.480 e. The molecule has 8 rings (SSSR count). The van der Waals surface area contributed by atoms with E-state index in [4.69, 9.17) is 24.2 Å². The third-order valence-electron chi connectivity index (χ3n) is 14.3. The predicted molar refractivity (Wildman–Crippen MR) is 331 cm³/mol. The lowest BCUT2D eigenvalue weighted by Gasteiger charge is -2.27. The van der Waals surface area contributed by atoms with Crippen LogP contribution in [0.2, 0.25) is 0 Å². The molecule has 2 atom stereocenters. The zero-order chi connectivity index (χ0) is 60.9. The van der Waals surface area contributed by atoms with Gasteiger partial charge in [0.2, 0.25) is 17.8 Å². The van der Waals surface area contributed by atoms with E-state index in [1.807, 2.05) is 112 Å². The number of hydrogen-bond donors (Lipinski definition) is 4. The highest BCUT2D eigenvalue weighted by molar-refractivity contribution is 5.95. The molecule has 0 spiro atoms. The maximum Gasteiger partial charge on any atom is 0.415 e. The van der Waals surface area contributed by atoms with Crippen LogP contribution in [-0.2, 0) is 45.1 Å². The van der Waals surface area contributed by atoms with Crippen LogP contribution in [0.5, 0.6) is 11.5 Å². The molecule has 4 heterocycles. The predicted octanol–water partition coefficient (Wildman–Crippen LogP) is 10.5. The molecule has 4 aromatic carbocycles. The first kappa shape index (κ1) is 63.6. The van der Waals surface area contributed by atoms with Gasteiger partial charge in [-0.2, -0.15) is 9.97 Å². The lowest BCUT2D eigenvalue weighted by molar-refractivity contribution is -0.155. The van der Waals surface area contributed by atoms with Crippen molar-refractivity contribution in [1.29, 1.82) is 0 Å². The molecule has 4 N–H and O–H groups in total. The molecule has 21 nitrogen and oxygen atoms in total. The second-order valence-electron chi connectivity index (χ2n) is 21.7. The average molecular weight is 1160 g/mol. The molecule has 0 bridgehead atoms. The first-order valence-corrected chi connectivity index (χ1v) is 29.4. The van der Waals surface area contributed by atoms with Gasteiger partial charge in [0.05, 0.1) is 24.6 Å². The Morgan fingerprint density at radius 2 is 1.04 bits per heavy atom. The van der Waals surface area contributed by atoms with Gasteiger partial charge in [-0.15, -0.1) is 0 Å². The van der Waals surface area contributed by atoms with Crippen LogP contribution in [0, 0.1) is 0 Å². The Morgan fingerprint density at radius 1 is 0.588 bits per heavy atom. The maximum atomic E-state index is 13.5. The minimum absolute atomic E-state index is 0.123. The van der Waals surface area contributed by atoms with E-state index < -0.39 is 29.6 Å². The molecular formula is C64H82N12O9. The van der Waals surface area contributed by atoms with Gasteiger partial charge in [-0.3, -0.25) is 4.79 Å². The van der Waals surface area contributed by atoms with E-state index in [1.165, 1.54) is 11.8 Å². The van der Waals surface area contributed by atoms with Crippen molar-refractivity contribution < 1.29 is 43.3 Å². The second kappa shape index (κ2) is 31.0. The van der Waals surface area contributed by atoms with E-state index in [2.05, 4.69) is 44.7 Å². The van der Waals surface area contributed by atoms with Crippen LogP contribution in [0.25, 0.3) is 0 Å². The number of hydrogen-bond acceptors (Lipinski definition) is 17. The summed E-state index contributed by atoms with van der Waals surface area (Å²) in [5.74, 6) is 0.936. The molecule has 0 aliphatic carbocycles. The molecule has 3 amide bonds. The molecule has 21 heteroatoms. The van der Waals surface area contributed by atoms with Gasteiger partial charge in [0.25, 0.3) is 0 Å². The molecule has 2 fully saturated rings. The summed E-state index contributed by atoms with van der Waals surface area (Å²) in [5.41, 5.74) is 4.01. The number of anilines is 6. The average Bonchev–Trinajstić information content (AvgIpc) is 4.34. The summed E-state index contributed by atoms with van der Waals surface area (Å²) in [6.07, 6.45) is 7.00. The van der Waals surface area contributed by atoms with Crippen molar-refractivity contribution in [3.63, 3.8) is 0 Å².